The average molecular weight is 292 g/mol. The molecular weight excluding hydrogens is 268 g/mol. The third kappa shape index (κ3) is 3.46. The van der Waals surface area contributed by atoms with Crippen LogP contribution in [0, 0.1) is 19.8 Å². The molecule has 2 heterocycles. The van der Waals surface area contributed by atoms with Crippen molar-refractivity contribution >= 4 is 23.0 Å². The summed E-state index contributed by atoms with van der Waals surface area (Å²) in [5, 5.41) is 3.46. The first-order valence-electron chi connectivity index (χ1n) is 7.25. The second kappa shape index (κ2) is 6.50. The van der Waals surface area contributed by atoms with Crippen LogP contribution in [0.4, 0.5) is 5.82 Å². The second-order valence-corrected chi connectivity index (χ2v) is 6.04. The summed E-state index contributed by atoms with van der Waals surface area (Å²) in [5.74, 6) is 1.52. The van der Waals surface area contributed by atoms with Crippen LogP contribution in [-0.4, -0.2) is 41.1 Å². The van der Waals surface area contributed by atoms with Crippen molar-refractivity contribution in [2.45, 2.75) is 27.2 Å². The van der Waals surface area contributed by atoms with E-state index in [-0.39, 0.29) is 0 Å². The Morgan fingerprint density at radius 2 is 2.30 bits per heavy atom. The average Bonchev–Trinajstić information content (AvgIpc) is 2.82. The molecule has 1 aliphatic heterocycles. The largest absolute Gasteiger partial charge is 0.389 e. The van der Waals surface area contributed by atoms with Crippen LogP contribution in [0.3, 0.4) is 0 Å². The van der Waals surface area contributed by atoms with E-state index in [0.29, 0.717) is 10.9 Å². The summed E-state index contributed by atoms with van der Waals surface area (Å²) in [5.41, 5.74) is 8.81. The number of nitrogens with two attached hydrogens (primary N) is 1. The third-order valence-corrected chi connectivity index (χ3v) is 4.17. The fraction of sp³-hybridized carbons (Fsp3) is 0.600. The molecule has 1 aliphatic rings. The number of nitrogens with zero attached hydrogens (tertiary/aromatic N) is 2. The number of rotatable bonds is 5. The van der Waals surface area contributed by atoms with Gasteiger partial charge in [0.15, 0.2) is 0 Å². The molecule has 4 nitrogen and oxygen atoms in total. The van der Waals surface area contributed by atoms with Gasteiger partial charge in [-0.15, -0.1) is 0 Å². The van der Waals surface area contributed by atoms with Crippen molar-refractivity contribution in [3.8, 4) is 0 Å². The second-order valence-electron chi connectivity index (χ2n) is 5.60. The molecular formula is C15H24N4S. The number of anilines is 1. The van der Waals surface area contributed by atoms with E-state index in [0.717, 1.165) is 42.3 Å². The zero-order chi connectivity index (χ0) is 14.7. The van der Waals surface area contributed by atoms with Crippen LogP contribution < -0.4 is 11.1 Å². The quantitative estimate of drug-likeness (QED) is 0.814. The first-order chi connectivity index (χ1) is 9.51. The van der Waals surface area contributed by atoms with E-state index < -0.39 is 0 Å². The standard InChI is InChI=1S/C15H24N4S/c1-4-19-6-5-12(9-19)8-17-15-13(14(16)20)10(2)7-11(3)18-15/h7,12H,4-6,8-9H2,1-3H3,(H2,16,20)(H,17,18). The molecule has 5 heteroatoms. The van der Waals surface area contributed by atoms with Crippen LogP contribution in [0.15, 0.2) is 6.07 Å². The molecule has 0 saturated carbocycles. The van der Waals surface area contributed by atoms with Gasteiger partial charge in [-0.3, -0.25) is 0 Å². The summed E-state index contributed by atoms with van der Waals surface area (Å²) >= 11 is 5.16. The van der Waals surface area contributed by atoms with Gasteiger partial charge in [0.1, 0.15) is 10.8 Å². The fourth-order valence-electron chi connectivity index (χ4n) is 2.88. The highest BCUT2D eigenvalue weighted by Gasteiger charge is 2.21. The Labute approximate surface area is 126 Å². The molecule has 1 unspecified atom stereocenters. The lowest BCUT2D eigenvalue weighted by molar-refractivity contribution is 0.345. The molecule has 0 spiro atoms. The highest BCUT2D eigenvalue weighted by molar-refractivity contribution is 7.80. The molecule has 0 aromatic carbocycles. The van der Waals surface area contributed by atoms with Gasteiger partial charge in [0.2, 0.25) is 0 Å². The van der Waals surface area contributed by atoms with Gasteiger partial charge in [0, 0.05) is 18.8 Å². The summed E-state index contributed by atoms with van der Waals surface area (Å²) < 4.78 is 0. The maximum absolute atomic E-state index is 5.84. The van der Waals surface area contributed by atoms with Crippen molar-refractivity contribution < 1.29 is 0 Å². The van der Waals surface area contributed by atoms with E-state index in [1.807, 2.05) is 19.9 Å². The van der Waals surface area contributed by atoms with Crippen molar-refractivity contribution in [1.29, 1.82) is 0 Å². The Morgan fingerprint density at radius 1 is 1.55 bits per heavy atom. The summed E-state index contributed by atoms with van der Waals surface area (Å²) in [6.07, 6.45) is 1.24. The predicted octanol–water partition coefficient (Wildman–Crippen LogP) is 2.09. The first-order valence-corrected chi connectivity index (χ1v) is 7.66. The molecule has 3 N–H and O–H groups in total. The molecule has 0 bridgehead atoms. The number of nitrogens with one attached hydrogen (secondary N) is 1. The lowest BCUT2D eigenvalue weighted by atomic mass is 10.1. The van der Waals surface area contributed by atoms with Crippen LogP contribution in [0.1, 0.15) is 30.2 Å². The SMILES string of the molecule is CCN1CCC(CNc2nc(C)cc(C)c2C(N)=S)C1. The van der Waals surface area contributed by atoms with Crippen molar-refractivity contribution in [1.82, 2.24) is 9.88 Å². The number of hydrogen-bond donors (Lipinski definition) is 2. The Hall–Kier alpha value is -1.20. The van der Waals surface area contributed by atoms with Crippen LogP contribution in [0.2, 0.25) is 0 Å². The maximum Gasteiger partial charge on any atom is 0.136 e. The van der Waals surface area contributed by atoms with E-state index in [1.54, 1.807) is 0 Å². The zero-order valence-corrected chi connectivity index (χ0v) is 13.4. The highest BCUT2D eigenvalue weighted by Crippen LogP contribution is 2.21. The Morgan fingerprint density at radius 3 is 2.90 bits per heavy atom. The van der Waals surface area contributed by atoms with Gasteiger partial charge in [-0.25, -0.2) is 4.98 Å². The molecule has 1 fully saturated rings. The minimum atomic E-state index is 0.416. The van der Waals surface area contributed by atoms with Crippen LogP contribution in [0.25, 0.3) is 0 Å². The van der Waals surface area contributed by atoms with E-state index in [1.165, 1.54) is 13.0 Å². The Kier molecular flexibility index (Phi) is 4.94. The van der Waals surface area contributed by atoms with Crippen LogP contribution in [-0.2, 0) is 0 Å². The van der Waals surface area contributed by atoms with Gasteiger partial charge in [-0.2, -0.15) is 0 Å². The molecule has 0 amide bonds. The van der Waals surface area contributed by atoms with Crippen LogP contribution >= 0.6 is 12.2 Å². The highest BCUT2D eigenvalue weighted by atomic mass is 32.1. The molecule has 20 heavy (non-hydrogen) atoms. The number of pyridine rings is 1. The molecule has 1 aromatic heterocycles. The number of aromatic nitrogens is 1. The Bertz CT molecular complexity index is 501. The van der Waals surface area contributed by atoms with Gasteiger partial charge in [0.05, 0.1) is 5.56 Å². The predicted molar refractivity (Wildman–Crippen MR) is 88.3 cm³/mol. The van der Waals surface area contributed by atoms with E-state index in [4.69, 9.17) is 18.0 Å². The third-order valence-electron chi connectivity index (χ3n) is 3.97. The lowest BCUT2D eigenvalue weighted by Gasteiger charge is -2.17. The monoisotopic (exact) mass is 292 g/mol. The molecule has 0 radical (unpaired) electrons. The van der Waals surface area contributed by atoms with Crippen LogP contribution in [0.5, 0.6) is 0 Å². The molecule has 1 atom stereocenters. The van der Waals surface area contributed by atoms with Gasteiger partial charge in [-0.05, 0) is 50.9 Å². The normalized spacial score (nSPS) is 19.2. The summed E-state index contributed by atoms with van der Waals surface area (Å²) in [6, 6.07) is 2.02. The van der Waals surface area contributed by atoms with Crippen molar-refractivity contribution in [3.63, 3.8) is 0 Å². The van der Waals surface area contributed by atoms with E-state index >= 15 is 0 Å². The maximum atomic E-state index is 5.84. The van der Waals surface area contributed by atoms with Crippen molar-refractivity contribution in [2.24, 2.45) is 11.7 Å². The fourth-order valence-corrected chi connectivity index (χ4v) is 3.14. The minimum absolute atomic E-state index is 0.416. The summed E-state index contributed by atoms with van der Waals surface area (Å²) in [6.45, 7) is 10.7. The Balaban J connectivity index is 2.07. The molecule has 2 rings (SSSR count). The van der Waals surface area contributed by atoms with Gasteiger partial charge < -0.3 is 16.0 Å². The molecule has 1 aromatic rings. The van der Waals surface area contributed by atoms with Crippen molar-refractivity contribution in [2.75, 3.05) is 31.5 Å². The first kappa shape index (κ1) is 15.2. The van der Waals surface area contributed by atoms with Gasteiger partial charge >= 0.3 is 0 Å². The number of likely N-dealkylation sites (tertiary alicyclic amines) is 1. The zero-order valence-electron chi connectivity index (χ0n) is 12.6. The molecule has 0 aliphatic carbocycles. The topological polar surface area (TPSA) is 54.2 Å². The number of hydrogen-bond acceptors (Lipinski definition) is 4. The van der Waals surface area contributed by atoms with Gasteiger partial charge in [-0.1, -0.05) is 19.1 Å². The van der Waals surface area contributed by atoms with E-state index in [9.17, 15) is 0 Å². The minimum Gasteiger partial charge on any atom is -0.389 e. The summed E-state index contributed by atoms with van der Waals surface area (Å²) in [4.78, 5) is 7.46. The molecule has 110 valence electrons. The van der Waals surface area contributed by atoms with Crippen molar-refractivity contribution in [3.05, 3.63) is 22.9 Å². The molecule has 1 saturated heterocycles. The summed E-state index contributed by atoms with van der Waals surface area (Å²) in [7, 11) is 0. The van der Waals surface area contributed by atoms with E-state index in [2.05, 4.69) is 22.1 Å². The van der Waals surface area contributed by atoms with Gasteiger partial charge in [0.25, 0.3) is 0 Å². The number of aryl methyl sites for hydroxylation is 2. The smallest absolute Gasteiger partial charge is 0.136 e. The number of thiocarbonyl (C=S) groups is 1. The lowest BCUT2D eigenvalue weighted by Crippen LogP contribution is -2.24.